The molecule has 0 saturated carbocycles. The first-order valence-corrected chi connectivity index (χ1v) is 8.64. The summed E-state index contributed by atoms with van der Waals surface area (Å²) >= 11 is 5.02. The van der Waals surface area contributed by atoms with Crippen LogP contribution in [-0.4, -0.2) is 25.2 Å². The van der Waals surface area contributed by atoms with Crippen molar-refractivity contribution in [3.05, 3.63) is 28.8 Å². The lowest BCUT2D eigenvalue weighted by Gasteiger charge is -2.20. The summed E-state index contributed by atoms with van der Waals surface area (Å²) in [7, 11) is -4.10. The predicted octanol–water partition coefficient (Wildman–Crippen LogP) is 3.67. The molecule has 0 aliphatic heterocycles. The highest BCUT2D eigenvalue weighted by molar-refractivity contribution is 7.91. The van der Waals surface area contributed by atoms with Gasteiger partial charge in [0, 0.05) is 0 Å². The Bertz CT molecular complexity index is 679. The number of hydrogen-bond acceptors (Lipinski definition) is 3. The summed E-state index contributed by atoms with van der Waals surface area (Å²) in [6, 6.07) is 1.73. The third kappa shape index (κ3) is 3.95. The minimum absolute atomic E-state index is 0.0187. The molecule has 0 aromatic heterocycles. The van der Waals surface area contributed by atoms with Crippen molar-refractivity contribution >= 4 is 27.4 Å². The topological polar surface area (TPSA) is 71.4 Å². The van der Waals surface area contributed by atoms with Gasteiger partial charge in [-0.2, -0.15) is 8.78 Å². The number of carboxylic acid groups (broad SMARTS) is 1. The summed E-state index contributed by atoms with van der Waals surface area (Å²) < 4.78 is 52.1. The number of sulfone groups is 1. The fraction of sp³-hybridized carbons (Fsp3) is 0.500. The van der Waals surface area contributed by atoms with Crippen LogP contribution in [-0.2, 0) is 21.6 Å². The standard InChI is InChI=1S/C14H17ClF2O4S/c1-4-9-10(13(18)19)5-6-11(14(15,16)17)12(9)22(20,21)7-8(2)3/h5-6,8H,4,7H2,1-3H3,(H,18,19). The van der Waals surface area contributed by atoms with E-state index in [-0.39, 0.29) is 29.2 Å². The average molecular weight is 355 g/mol. The number of benzene rings is 1. The van der Waals surface area contributed by atoms with Gasteiger partial charge in [0.1, 0.15) is 0 Å². The zero-order valence-electron chi connectivity index (χ0n) is 12.4. The fourth-order valence-electron chi connectivity index (χ4n) is 2.28. The van der Waals surface area contributed by atoms with Gasteiger partial charge >= 0.3 is 11.4 Å². The zero-order valence-corrected chi connectivity index (χ0v) is 13.9. The molecule has 8 heteroatoms. The van der Waals surface area contributed by atoms with Gasteiger partial charge in [-0.15, -0.1) is 0 Å². The van der Waals surface area contributed by atoms with E-state index in [1.165, 1.54) is 6.92 Å². The van der Waals surface area contributed by atoms with E-state index in [0.717, 1.165) is 12.1 Å². The molecule has 0 spiro atoms. The first-order chi connectivity index (χ1) is 9.91. The van der Waals surface area contributed by atoms with Crippen molar-refractivity contribution in [3.8, 4) is 0 Å². The van der Waals surface area contributed by atoms with Crippen molar-refractivity contribution in [1.82, 2.24) is 0 Å². The number of carboxylic acids is 1. The van der Waals surface area contributed by atoms with Crippen molar-refractivity contribution in [2.45, 2.75) is 37.5 Å². The summed E-state index contributed by atoms with van der Waals surface area (Å²) in [5, 5.41) is 5.24. The highest BCUT2D eigenvalue weighted by atomic mass is 35.5. The molecule has 124 valence electrons. The number of carbonyl (C=O) groups is 1. The van der Waals surface area contributed by atoms with Crippen molar-refractivity contribution < 1.29 is 27.1 Å². The number of alkyl halides is 3. The van der Waals surface area contributed by atoms with Crippen molar-refractivity contribution in [2.75, 3.05) is 5.75 Å². The highest BCUT2D eigenvalue weighted by Gasteiger charge is 2.38. The highest BCUT2D eigenvalue weighted by Crippen LogP contribution is 2.40. The van der Waals surface area contributed by atoms with Gasteiger partial charge < -0.3 is 5.11 Å². The van der Waals surface area contributed by atoms with Gasteiger partial charge in [-0.3, -0.25) is 0 Å². The van der Waals surface area contributed by atoms with Crippen molar-refractivity contribution in [1.29, 1.82) is 0 Å². The molecule has 0 atom stereocenters. The van der Waals surface area contributed by atoms with E-state index < -0.39 is 31.6 Å². The van der Waals surface area contributed by atoms with Crippen LogP contribution in [0.15, 0.2) is 17.0 Å². The molecule has 0 unspecified atom stereocenters. The SMILES string of the molecule is CCc1c(C(=O)O)ccc(C(F)(F)Cl)c1S(=O)(=O)CC(C)C. The van der Waals surface area contributed by atoms with Gasteiger partial charge in [0.25, 0.3) is 0 Å². The lowest BCUT2D eigenvalue weighted by molar-refractivity contribution is 0.0692. The third-order valence-electron chi connectivity index (χ3n) is 3.01. The Morgan fingerprint density at radius 1 is 1.36 bits per heavy atom. The molecule has 0 fully saturated rings. The van der Waals surface area contributed by atoms with Crippen LogP contribution in [0.5, 0.6) is 0 Å². The number of hydrogen-bond donors (Lipinski definition) is 1. The van der Waals surface area contributed by atoms with E-state index in [1.54, 1.807) is 13.8 Å². The van der Waals surface area contributed by atoms with E-state index >= 15 is 0 Å². The second-order valence-electron chi connectivity index (χ2n) is 5.30. The summed E-state index contributed by atoms with van der Waals surface area (Å²) in [6.45, 7) is 4.76. The normalized spacial score (nSPS) is 12.7. The minimum atomic E-state index is -4.10. The first kappa shape index (κ1) is 18.8. The molecule has 1 N–H and O–H groups in total. The lowest BCUT2D eigenvalue weighted by Crippen LogP contribution is -2.21. The second kappa shape index (κ2) is 6.50. The second-order valence-corrected chi connectivity index (χ2v) is 7.75. The summed E-state index contributed by atoms with van der Waals surface area (Å²) in [5.74, 6) is -2.05. The fourth-order valence-corrected chi connectivity index (χ4v) is 4.70. The van der Waals surface area contributed by atoms with Crippen LogP contribution in [0.2, 0.25) is 0 Å². The maximum atomic E-state index is 13.6. The maximum Gasteiger partial charge on any atom is 0.349 e. The van der Waals surface area contributed by atoms with E-state index in [4.69, 9.17) is 16.7 Å². The average Bonchev–Trinajstić information content (AvgIpc) is 2.33. The Labute approximate surface area is 133 Å². The van der Waals surface area contributed by atoms with Crippen LogP contribution in [0.25, 0.3) is 0 Å². The molecule has 22 heavy (non-hydrogen) atoms. The lowest BCUT2D eigenvalue weighted by atomic mass is 10.0. The summed E-state index contributed by atoms with van der Waals surface area (Å²) in [6.07, 6.45) is -0.0187. The van der Waals surface area contributed by atoms with Gasteiger partial charge in [0.2, 0.25) is 0 Å². The molecule has 0 amide bonds. The molecule has 0 radical (unpaired) electrons. The van der Waals surface area contributed by atoms with Gasteiger partial charge in [-0.05, 0) is 41.6 Å². The van der Waals surface area contributed by atoms with Crippen LogP contribution in [0.1, 0.15) is 42.3 Å². The molecule has 0 saturated heterocycles. The predicted molar refractivity (Wildman–Crippen MR) is 79.4 cm³/mol. The van der Waals surface area contributed by atoms with Crippen LogP contribution in [0.4, 0.5) is 8.78 Å². The number of halogens is 3. The van der Waals surface area contributed by atoms with E-state index in [2.05, 4.69) is 0 Å². The Morgan fingerprint density at radius 2 is 1.91 bits per heavy atom. The van der Waals surface area contributed by atoms with Gasteiger partial charge in [-0.25, -0.2) is 13.2 Å². The Hall–Kier alpha value is -1.21. The molecule has 0 heterocycles. The van der Waals surface area contributed by atoms with Crippen LogP contribution in [0, 0.1) is 5.92 Å². The van der Waals surface area contributed by atoms with Crippen LogP contribution >= 0.6 is 11.6 Å². The molecule has 0 aliphatic carbocycles. The monoisotopic (exact) mass is 354 g/mol. The van der Waals surface area contributed by atoms with Crippen molar-refractivity contribution in [2.24, 2.45) is 5.92 Å². The van der Waals surface area contributed by atoms with Crippen LogP contribution < -0.4 is 0 Å². The molecule has 1 aromatic rings. The molecule has 1 aromatic carbocycles. The maximum absolute atomic E-state index is 13.6. The Balaban J connectivity index is 3.83. The minimum Gasteiger partial charge on any atom is -0.478 e. The molecule has 0 aliphatic rings. The van der Waals surface area contributed by atoms with E-state index in [0.29, 0.717) is 0 Å². The zero-order chi connectivity index (χ0) is 17.3. The molecule has 0 bridgehead atoms. The van der Waals surface area contributed by atoms with E-state index in [9.17, 15) is 22.0 Å². The summed E-state index contributed by atoms with van der Waals surface area (Å²) in [4.78, 5) is 10.6. The van der Waals surface area contributed by atoms with Crippen LogP contribution in [0.3, 0.4) is 0 Å². The van der Waals surface area contributed by atoms with Gasteiger partial charge in [0.15, 0.2) is 9.84 Å². The van der Waals surface area contributed by atoms with E-state index in [1.807, 2.05) is 0 Å². The molecular weight excluding hydrogens is 338 g/mol. The third-order valence-corrected chi connectivity index (χ3v) is 5.41. The van der Waals surface area contributed by atoms with Crippen molar-refractivity contribution in [3.63, 3.8) is 0 Å². The molecule has 4 nitrogen and oxygen atoms in total. The molecular formula is C14H17ClF2O4S. The molecule has 1 rings (SSSR count). The van der Waals surface area contributed by atoms with Gasteiger partial charge in [-0.1, -0.05) is 20.8 Å². The smallest absolute Gasteiger partial charge is 0.349 e. The first-order valence-electron chi connectivity index (χ1n) is 6.61. The Kier molecular flexibility index (Phi) is 5.56. The van der Waals surface area contributed by atoms with Gasteiger partial charge in [0.05, 0.1) is 21.8 Å². The quantitative estimate of drug-likeness (QED) is 0.791. The number of rotatable bonds is 6. The number of aromatic carboxylic acids is 1. The summed E-state index contributed by atoms with van der Waals surface area (Å²) in [5.41, 5.74) is -1.34. The Morgan fingerprint density at radius 3 is 2.27 bits per heavy atom. The largest absolute Gasteiger partial charge is 0.478 e.